The van der Waals surface area contributed by atoms with Crippen LogP contribution in [0.15, 0.2) is 12.3 Å². The predicted octanol–water partition coefficient (Wildman–Crippen LogP) is 0.221. The number of carboxylic acids is 1. The zero-order valence-corrected chi connectivity index (χ0v) is 10.9. The Labute approximate surface area is 111 Å². The first kappa shape index (κ1) is 13.4. The first-order valence-corrected chi connectivity index (χ1v) is 6.31. The van der Waals surface area contributed by atoms with Crippen LogP contribution in [0.25, 0.3) is 0 Å². The lowest BCUT2D eigenvalue weighted by Crippen LogP contribution is -2.44. The van der Waals surface area contributed by atoms with Crippen molar-refractivity contribution in [1.29, 1.82) is 0 Å². The van der Waals surface area contributed by atoms with Gasteiger partial charge in [-0.2, -0.15) is 5.10 Å². The van der Waals surface area contributed by atoms with Gasteiger partial charge >= 0.3 is 12.0 Å². The molecule has 19 heavy (non-hydrogen) atoms. The monoisotopic (exact) mass is 266 g/mol. The van der Waals surface area contributed by atoms with Gasteiger partial charge in [0.25, 0.3) is 0 Å². The number of aliphatic carboxylic acids is 1. The third-order valence-corrected chi connectivity index (χ3v) is 2.98. The molecule has 1 aliphatic carbocycles. The number of carbonyl (C=O) groups is 2. The molecule has 0 saturated heterocycles. The Morgan fingerprint density at radius 3 is 2.84 bits per heavy atom. The lowest BCUT2D eigenvalue weighted by Gasteiger charge is -2.20. The highest BCUT2D eigenvalue weighted by Gasteiger charge is 2.33. The van der Waals surface area contributed by atoms with Crippen LogP contribution in [0, 0.1) is 0 Å². The van der Waals surface area contributed by atoms with Gasteiger partial charge in [0.15, 0.2) is 0 Å². The third-order valence-electron chi connectivity index (χ3n) is 2.98. The third kappa shape index (κ3) is 3.97. The number of rotatable bonds is 6. The molecule has 1 aromatic heterocycles. The summed E-state index contributed by atoms with van der Waals surface area (Å²) < 4.78 is 1.71. The quantitative estimate of drug-likeness (QED) is 0.771. The molecule has 1 fully saturated rings. The van der Waals surface area contributed by atoms with Crippen LogP contribution in [-0.2, 0) is 18.3 Å². The minimum atomic E-state index is -0.980. The van der Waals surface area contributed by atoms with Crippen molar-refractivity contribution in [2.45, 2.75) is 25.3 Å². The normalized spacial score (nSPS) is 14.2. The molecule has 0 radical (unpaired) electrons. The number of nitrogens with one attached hydrogen (secondary N) is 1. The Hall–Kier alpha value is -2.05. The van der Waals surface area contributed by atoms with Crippen molar-refractivity contribution in [2.24, 2.45) is 7.05 Å². The summed E-state index contributed by atoms with van der Waals surface area (Å²) >= 11 is 0. The second-order valence-corrected chi connectivity index (χ2v) is 4.72. The van der Waals surface area contributed by atoms with E-state index in [0.29, 0.717) is 13.0 Å². The average Bonchev–Trinajstić information content (AvgIpc) is 3.10. The minimum absolute atomic E-state index is 0.0888. The van der Waals surface area contributed by atoms with Crippen LogP contribution in [0.4, 0.5) is 4.79 Å². The molecule has 0 aromatic carbocycles. The molecule has 0 bridgehead atoms. The van der Waals surface area contributed by atoms with Gasteiger partial charge in [0.1, 0.15) is 6.54 Å². The van der Waals surface area contributed by atoms with E-state index in [1.807, 2.05) is 19.3 Å². The van der Waals surface area contributed by atoms with E-state index in [1.54, 1.807) is 4.68 Å². The summed E-state index contributed by atoms with van der Waals surface area (Å²) in [4.78, 5) is 24.0. The highest BCUT2D eigenvalue weighted by Crippen LogP contribution is 2.26. The van der Waals surface area contributed by atoms with Gasteiger partial charge in [0.2, 0.25) is 0 Å². The number of urea groups is 1. The van der Waals surface area contributed by atoms with Crippen LogP contribution in [-0.4, -0.2) is 50.9 Å². The molecule has 7 heteroatoms. The molecule has 104 valence electrons. The topological polar surface area (TPSA) is 87.5 Å². The molecule has 1 aromatic rings. The van der Waals surface area contributed by atoms with E-state index in [9.17, 15) is 9.59 Å². The van der Waals surface area contributed by atoms with E-state index in [1.165, 1.54) is 4.90 Å². The summed E-state index contributed by atoms with van der Waals surface area (Å²) in [5, 5.41) is 15.7. The average molecular weight is 266 g/mol. The Morgan fingerprint density at radius 1 is 1.58 bits per heavy atom. The zero-order chi connectivity index (χ0) is 13.8. The smallest absolute Gasteiger partial charge is 0.323 e. The van der Waals surface area contributed by atoms with Crippen molar-refractivity contribution in [1.82, 2.24) is 20.0 Å². The summed E-state index contributed by atoms with van der Waals surface area (Å²) in [5.41, 5.74) is 0.902. The Morgan fingerprint density at radius 2 is 2.32 bits per heavy atom. The van der Waals surface area contributed by atoms with Crippen LogP contribution in [0.5, 0.6) is 0 Å². The summed E-state index contributed by atoms with van der Waals surface area (Å²) in [7, 11) is 1.84. The maximum Gasteiger partial charge on any atom is 0.323 e. The maximum absolute atomic E-state index is 11.9. The molecule has 0 atom stereocenters. The summed E-state index contributed by atoms with van der Waals surface area (Å²) in [6.07, 6.45) is 4.26. The van der Waals surface area contributed by atoms with Crippen molar-refractivity contribution in [3.05, 3.63) is 18.0 Å². The molecule has 1 aliphatic rings. The molecule has 0 aliphatic heterocycles. The number of aromatic nitrogens is 2. The fourth-order valence-corrected chi connectivity index (χ4v) is 1.89. The molecular formula is C12H18N4O3. The van der Waals surface area contributed by atoms with E-state index >= 15 is 0 Å². The van der Waals surface area contributed by atoms with Gasteiger partial charge in [0, 0.05) is 32.3 Å². The molecule has 2 amide bonds. The van der Waals surface area contributed by atoms with Crippen molar-refractivity contribution >= 4 is 12.0 Å². The number of hydrogen-bond donors (Lipinski definition) is 2. The van der Waals surface area contributed by atoms with Gasteiger partial charge in [-0.05, 0) is 18.9 Å². The lowest BCUT2D eigenvalue weighted by molar-refractivity contribution is -0.137. The molecule has 1 heterocycles. The molecule has 0 spiro atoms. The van der Waals surface area contributed by atoms with Crippen molar-refractivity contribution < 1.29 is 14.7 Å². The Bertz CT molecular complexity index is 467. The van der Waals surface area contributed by atoms with E-state index in [4.69, 9.17) is 5.11 Å². The fourth-order valence-electron chi connectivity index (χ4n) is 1.89. The van der Waals surface area contributed by atoms with Crippen LogP contribution >= 0.6 is 0 Å². The second kappa shape index (κ2) is 5.73. The summed E-state index contributed by atoms with van der Waals surface area (Å²) in [6.45, 7) is 0.221. The van der Waals surface area contributed by atoms with Crippen LogP contribution < -0.4 is 5.32 Å². The van der Waals surface area contributed by atoms with E-state index in [0.717, 1.165) is 18.5 Å². The zero-order valence-electron chi connectivity index (χ0n) is 10.9. The van der Waals surface area contributed by atoms with Gasteiger partial charge < -0.3 is 15.3 Å². The molecule has 7 nitrogen and oxygen atoms in total. The first-order valence-electron chi connectivity index (χ1n) is 6.31. The second-order valence-electron chi connectivity index (χ2n) is 4.72. The van der Waals surface area contributed by atoms with E-state index in [-0.39, 0.29) is 18.6 Å². The lowest BCUT2D eigenvalue weighted by atomic mass is 10.3. The van der Waals surface area contributed by atoms with Crippen molar-refractivity contribution in [3.63, 3.8) is 0 Å². The number of amides is 2. The molecular weight excluding hydrogens is 248 g/mol. The van der Waals surface area contributed by atoms with Crippen LogP contribution in [0.2, 0.25) is 0 Å². The highest BCUT2D eigenvalue weighted by atomic mass is 16.4. The fraction of sp³-hybridized carbons (Fsp3) is 0.583. The Balaban J connectivity index is 1.77. The highest BCUT2D eigenvalue weighted by molar-refractivity contribution is 5.80. The van der Waals surface area contributed by atoms with Crippen LogP contribution in [0.3, 0.4) is 0 Å². The van der Waals surface area contributed by atoms with Gasteiger partial charge in [-0.3, -0.25) is 9.48 Å². The van der Waals surface area contributed by atoms with Crippen LogP contribution in [0.1, 0.15) is 18.5 Å². The molecule has 0 unspecified atom stereocenters. The summed E-state index contributed by atoms with van der Waals surface area (Å²) in [5.74, 6) is -0.980. The van der Waals surface area contributed by atoms with Gasteiger partial charge in [-0.1, -0.05) is 0 Å². The largest absolute Gasteiger partial charge is 0.480 e. The maximum atomic E-state index is 11.9. The number of carboxylic acid groups (broad SMARTS) is 1. The number of nitrogens with zero attached hydrogens (tertiary/aromatic N) is 3. The standard InChI is InChI=1S/C12H18N4O3/c1-15-7-5-9(14-15)4-6-13-12(19)16(8-11(17)18)10-2-3-10/h5,7,10H,2-4,6,8H2,1H3,(H,13,19)(H,17,18). The summed E-state index contributed by atoms with van der Waals surface area (Å²) in [6, 6.07) is 1.67. The van der Waals surface area contributed by atoms with Gasteiger partial charge in [0.05, 0.1) is 5.69 Å². The number of aryl methyl sites for hydroxylation is 1. The van der Waals surface area contributed by atoms with E-state index < -0.39 is 5.97 Å². The first-order chi connectivity index (χ1) is 9.06. The number of hydrogen-bond acceptors (Lipinski definition) is 3. The molecule has 2 N–H and O–H groups in total. The van der Waals surface area contributed by atoms with Crippen molar-refractivity contribution in [2.75, 3.05) is 13.1 Å². The minimum Gasteiger partial charge on any atom is -0.480 e. The SMILES string of the molecule is Cn1ccc(CCNC(=O)N(CC(=O)O)C2CC2)n1. The van der Waals surface area contributed by atoms with Gasteiger partial charge in [-0.15, -0.1) is 0 Å². The molecule has 2 rings (SSSR count). The van der Waals surface area contributed by atoms with Crippen molar-refractivity contribution in [3.8, 4) is 0 Å². The Kier molecular flexibility index (Phi) is 4.03. The number of carbonyl (C=O) groups excluding carboxylic acids is 1. The van der Waals surface area contributed by atoms with Gasteiger partial charge in [-0.25, -0.2) is 4.79 Å². The predicted molar refractivity (Wildman–Crippen MR) is 67.7 cm³/mol. The molecule has 1 saturated carbocycles. The van der Waals surface area contributed by atoms with E-state index in [2.05, 4.69) is 10.4 Å².